The second-order valence-electron chi connectivity index (χ2n) is 4.25. The van der Waals surface area contributed by atoms with E-state index in [9.17, 15) is 0 Å². The number of hydrogen-bond donors (Lipinski definition) is 0. The van der Waals surface area contributed by atoms with Crippen LogP contribution < -0.4 is 0 Å². The van der Waals surface area contributed by atoms with E-state index in [0.29, 0.717) is 5.92 Å². The molecule has 0 saturated carbocycles. The molecule has 1 heterocycles. The summed E-state index contributed by atoms with van der Waals surface area (Å²) >= 11 is 0. The van der Waals surface area contributed by atoms with E-state index in [4.69, 9.17) is 4.74 Å². The van der Waals surface area contributed by atoms with Gasteiger partial charge in [0.25, 0.3) is 0 Å². The highest BCUT2D eigenvalue weighted by molar-refractivity contribution is 5.96. The zero-order chi connectivity index (χ0) is 12.5. The molecule has 0 spiro atoms. The summed E-state index contributed by atoms with van der Waals surface area (Å²) in [5.41, 5.74) is 1.08. The van der Waals surface area contributed by atoms with Crippen LogP contribution in [0.1, 0.15) is 13.8 Å². The van der Waals surface area contributed by atoms with Gasteiger partial charge in [0.05, 0.1) is 13.2 Å². The predicted octanol–water partition coefficient (Wildman–Crippen LogP) is 2.63. The van der Waals surface area contributed by atoms with Crippen LogP contribution in [0.2, 0.25) is 0 Å². The molecule has 1 fully saturated rings. The maximum Gasteiger partial charge on any atom is 0.0642 e. The van der Waals surface area contributed by atoms with Gasteiger partial charge in [0.2, 0.25) is 0 Å². The Morgan fingerprint density at radius 2 is 2.06 bits per heavy atom. The third-order valence-corrected chi connectivity index (χ3v) is 2.54. The van der Waals surface area contributed by atoms with E-state index < -0.39 is 0 Å². The molecule has 3 nitrogen and oxygen atoms in total. The maximum absolute atomic E-state index is 5.31. The van der Waals surface area contributed by atoms with E-state index in [1.165, 1.54) is 0 Å². The number of allylic oxidation sites excluding steroid dienone is 3. The van der Waals surface area contributed by atoms with Gasteiger partial charge in [-0.05, 0) is 18.1 Å². The van der Waals surface area contributed by atoms with E-state index in [2.05, 4.69) is 42.6 Å². The number of ether oxygens (including phenoxy) is 1. The molecule has 1 rings (SSSR count). The summed E-state index contributed by atoms with van der Waals surface area (Å²) in [4.78, 5) is 6.68. The maximum atomic E-state index is 5.31. The van der Waals surface area contributed by atoms with Crippen LogP contribution in [0.3, 0.4) is 0 Å². The van der Waals surface area contributed by atoms with Crippen LogP contribution in [0.15, 0.2) is 42.2 Å². The number of hydrogen-bond acceptors (Lipinski definition) is 3. The van der Waals surface area contributed by atoms with E-state index in [1.54, 1.807) is 12.3 Å². The molecule has 0 aromatic rings. The first-order valence-corrected chi connectivity index (χ1v) is 6.09. The fourth-order valence-electron chi connectivity index (χ4n) is 1.48. The highest BCUT2D eigenvalue weighted by Gasteiger charge is 2.06. The van der Waals surface area contributed by atoms with Gasteiger partial charge in [-0.3, -0.25) is 4.99 Å². The zero-order valence-electron chi connectivity index (χ0n) is 10.8. The van der Waals surface area contributed by atoms with E-state index in [1.807, 2.05) is 6.08 Å². The number of morpholine rings is 1. The minimum Gasteiger partial charge on any atom is -0.378 e. The Kier molecular flexibility index (Phi) is 6.33. The molecule has 0 aliphatic carbocycles. The predicted molar refractivity (Wildman–Crippen MR) is 73.1 cm³/mol. The third-order valence-electron chi connectivity index (χ3n) is 2.54. The first-order valence-electron chi connectivity index (χ1n) is 6.09. The Hall–Kier alpha value is -1.35. The van der Waals surface area contributed by atoms with Gasteiger partial charge in [0.1, 0.15) is 0 Å². The lowest BCUT2D eigenvalue weighted by molar-refractivity contribution is 0.0594. The van der Waals surface area contributed by atoms with E-state index in [-0.39, 0.29) is 0 Å². The summed E-state index contributed by atoms with van der Waals surface area (Å²) < 4.78 is 5.31. The number of aliphatic imine (C=N–C) groups is 1. The first kappa shape index (κ1) is 13.7. The molecule has 1 saturated heterocycles. The number of nitrogens with zero attached hydrogens (tertiary/aromatic N) is 2. The van der Waals surface area contributed by atoms with Gasteiger partial charge in [-0.25, -0.2) is 0 Å². The van der Waals surface area contributed by atoms with Crippen LogP contribution in [0, 0.1) is 5.92 Å². The van der Waals surface area contributed by atoms with Crippen molar-refractivity contribution >= 4 is 5.71 Å². The van der Waals surface area contributed by atoms with Gasteiger partial charge in [-0.1, -0.05) is 26.5 Å². The van der Waals surface area contributed by atoms with Crippen LogP contribution in [0.4, 0.5) is 0 Å². The topological polar surface area (TPSA) is 24.8 Å². The van der Waals surface area contributed by atoms with Crippen LogP contribution >= 0.6 is 0 Å². The molecule has 94 valence electrons. The lowest BCUT2D eigenvalue weighted by Gasteiger charge is -2.25. The van der Waals surface area contributed by atoms with Crippen molar-refractivity contribution < 1.29 is 4.74 Å². The highest BCUT2D eigenvalue weighted by atomic mass is 16.5. The summed E-state index contributed by atoms with van der Waals surface area (Å²) in [5.74, 6) is 0.418. The zero-order valence-corrected chi connectivity index (χ0v) is 10.8. The Morgan fingerprint density at radius 3 is 2.65 bits per heavy atom. The van der Waals surface area contributed by atoms with Crippen molar-refractivity contribution in [3.05, 3.63) is 37.2 Å². The third kappa shape index (κ3) is 5.50. The summed E-state index contributed by atoms with van der Waals surface area (Å²) in [6, 6.07) is 0. The molecular weight excluding hydrogens is 212 g/mol. The fraction of sp³-hybridized carbons (Fsp3) is 0.500. The molecule has 0 aromatic heterocycles. The van der Waals surface area contributed by atoms with Gasteiger partial charge in [0, 0.05) is 31.2 Å². The smallest absolute Gasteiger partial charge is 0.0642 e. The van der Waals surface area contributed by atoms with Crippen molar-refractivity contribution in [2.75, 3.05) is 26.3 Å². The SMILES string of the molecule is C=C\C=C/N=C(/C=C/N1CCOCC1)C(C)C. The van der Waals surface area contributed by atoms with Crippen LogP contribution in [0.25, 0.3) is 0 Å². The monoisotopic (exact) mass is 234 g/mol. The van der Waals surface area contributed by atoms with Crippen molar-refractivity contribution in [2.24, 2.45) is 10.9 Å². The minimum absolute atomic E-state index is 0.418. The van der Waals surface area contributed by atoms with Gasteiger partial charge < -0.3 is 9.64 Å². The molecule has 17 heavy (non-hydrogen) atoms. The quantitative estimate of drug-likeness (QED) is 0.539. The van der Waals surface area contributed by atoms with E-state index >= 15 is 0 Å². The van der Waals surface area contributed by atoms with Gasteiger partial charge in [0.15, 0.2) is 0 Å². The summed E-state index contributed by atoms with van der Waals surface area (Å²) in [6.45, 7) is 11.5. The van der Waals surface area contributed by atoms with Crippen molar-refractivity contribution in [3.8, 4) is 0 Å². The molecule has 1 aliphatic heterocycles. The minimum atomic E-state index is 0.418. The Labute approximate surface area is 104 Å². The van der Waals surface area contributed by atoms with Crippen LogP contribution in [-0.4, -0.2) is 36.9 Å². The van der Waals surface area contributed by atoms with E-state index in [0.717, 1.165) is 32.0 Å². The molecular formula is C14H22N2O. The average molecular weight is 234 g/mol. The van der Waals surface area contributed by atoms with Gasteiger partial charge in [-0.2, -0.15) is 0 Å². The van der Waals surface area contributed by atoms with Crippen LogP contribution in [-0.2, 0) is 4.74 Å². The van der Waals surface area contributed by atoms with Gasteiger partial charge >= 0.3 is 0 Å². The highest BCUT2D eigenvalue weighted by Crippen LogP contribution is 2.03. The van der Waals surface area contributed by atoms with Crippen molar-refractivity contribution in [1.82, 2.24) is 4.90 Å². The summed E-state index contributed by atoms with van der Waals surface area (Å²) in [5, 5.41) is 0. The molecule has 0 aromatic carbocycles. The molecule has 0 bridgehead atoms. The molecule has 0 atom stereocenters. The Balaban J connectivity index is 2.58. The van der Waals surface area contributed by atoms with Crippen molar-refractivity contribution in [1.29, 1.82) is 0 Å². The normalized spacial score (nSPS) is 18.5. The molecule has 0 unspecified atom stereocenters. The molecule has 0 amide bonds. The van der Waals surface area contributed by atoms with Crippen molar-refractivity contribution in [2.45, 2.75) is 13.8 Å². The summed E-state index contributed by atoms with van der Waals surface area (Å²) in [6.07, 6.45) is 9.55. The first-order chi connectivity index (χ1) is 8.24. The molecule has 1 aliphatic rings. The molecule has 0 N–H and O–H groups in total. The summed E-state index contributed by atoms with van der Waals surface area (Å²) in [7, 11) is 0. The fourth-order valence-corrected chi connectivity index (χ4v) is 1.48. The lowest BCUT2D eigenvalue weighted by Crippen LogP contribution is -2.32. The molecule has 0 radical (unpaired) electrons. The van der Waals surface area contributed by atoms with Crippen molar-refractivity contribution in [3.63, 3.8) is 0 Å². The lowest BCUT2D eigenvalue weighted by atomic mass is 10.1. The number of rotatable bonds is 5. The second kappa shape index (κ2) is 7.85. The second-order valence-corrected chi connectivity index (χ2v) is 4.25. The van der Waals surface area contributed by atoms with Gasteiger partial charge in [-0.15, -0.1) is 0 Å². The largest absolute Gasteiger partial charge is 0.378 e. The Bertz CT molecular complexity index is 310. The average Bonchev–Trinajstić information content (AvgIpc) is 2.34. The molecule has 3 heteroatoms. The Morgan fingerprint density at radius 1 is 1.35 bits per heavy atom. The van der Waals surface area contributed by atoms with Crippen LogP contribution in [0.5, 0.6) is 0 Å². The standard InChI is InChI=1S/C14H22N2O/c1-4-5-7-15-14(13(2)3)6-8-16-9-11-17-12-10-16/h4-8,13H,1,9-12H2,2-3H3/b7-5-,8-6+,15-14-.